The molecule has 1 aromatic rings. The van der Waals surface area contributed by atoms with Crippen LogP contribution in [0.2, 0.25) is 0 Å². The highest BCUT2D eigenvalue weighted by Crippen LogP contribution is 2.17. The van der Waals surface area contributed by atoms with Crippen LogP contribution in [0.4, 0.5) is 5.69 Å². The summed E-state index contributed by atoms with van der Waals surface area (Å²) in [6, 6.07) is 5.63. The SMILES string of the molecule is O=C(COc1ccc([N+](=O)[O-])cc1)NC1COC1. The van der Waals surface area contributed by atoms with Crippen LogP contribution in [0.25, 0.3) is 0 Å². The van der Waals surface area contributed by atoms with Crippen molar-refractivity contribution < 1.29 is 19.2 Å². The normalized spacial score (nSPS) is 14.7. The molecule has 0 spiro atoms. The fourth-order valence-corrected chi connectivity index (χ4v) is 1.40. The van der Waals surface area contributed by atoms with Gasteiger partial charge >= 0.3 is 0 Å². The second-order valence-electron chi connectivity index (χ2n) is 3.84. The lowest BCUT2D eigenvalue weighted by Crippen LogP contribution is -2.49. The summed E-state index contributed by atoms with van der Waals surface area (Å²) < 4.78 is 10.1. The van der Waals surface area contributed by atoms with Crippen LogP contribution < -0.4 is 10.1 Å². The van der Waals surface area contributed by atoms with Gasteiger partial charge in [-0.05, 0) is 12.1 Å². The number of carbonyl (C=O) groups is 1. The second-order valence-corrected chi connectivity index (χ2v) is 3.84. The van der Waals surface area contributed by atoms with E-state index in [0.717, 1.165) is 0 Å². The number of nitro benzene ring substituents is 1. The molecule has 1 aliphatic rings. The van der Waals surface area contributed by atoms with E-state index in [1.54, 1.807) is 0 Å². The van der Waals surface area contributed by atoms with E-state index in [1.807, 2.05) is 0 Å². The van der Waals surface area contributed by atoms with Crippen molar-refractivity contribution in [3.05, 3.63) is 34.4 Å². The molecule has 0 bridgehead atoms. The number of hydrogen-bond acceptors (Lipinski definition) is 5. The molecular formula is C11H12N2O5. The number of non-ortho nitro benzene ring substituents is 1. The van der Waals surface area contributed by atoms with E-state index in [9.17, 15) is 14.9 Å². The number of hydrogen-bond donors (Lipinski definition) is 1. The average molecular weight is 252 g/mol. The molecule has 0 aliphatic carbocycles. The lowest BCUT2D eigenvalue weighted by Gasteiger charge is -2.26. The average Bonchev–Trinajstić information content (AvgIpc) is 2.32. The topological polar surface area (TPSA) is 90.7 Å². The van der Waals surface area contributed by atoms with Crippen molar-refractivity contribution >= 4 is 11.6 Å². The van der Waals surface area contributed by atoms with Crippen molar-refractivity contribution in [1.82, 2.24) is 5.32 Å². The molecule has 0 saturated carbocycles. The predicted molar refractivity (Wildman–Crippen MR) is 61.3 cm³/mol. The minimum atomic E-state index is -0.493. The van der Waals surface area contributed by atoms with Gasteiger partial charge in [-0.15, -0.1) is 0 Å². The summed E-state index contributed by atoms with van der Waals surface area (Å²) in [6.07, 6.45) is 0. The molecule has 1 aromatic carbocycles. The smallest absolute Gasteiger partial charge is 0.269 e. The number of nitrogens with zero attached hydrogens (tertiary/aromatic N) is 1. The van der Waals surface area contributed by atoms with E-state index < -0.39 is 4.92 Å². The van der Waals surface area contributed by atoms with Crippen LogP contribution in [0.15, 0.2) is 24.3 Å². The second kappa shape index (κ2) is 5.46. The van der Waals surface area contributed by atoms with Gasteiger partial charge in [0.1, 0.15) is 5.75 Å². The summed E-state index contributed by atoms with van der Waals surface area (Å²) in [7, 11) is 0. The first-order chi connectivity index (χ1) is 8.65. The molecule has 7 nitrogen and oxygen atoms in total. The number of carbonyl (C=O) groups excluding carboxylic acids is 1. The molecule has 1 N–H and O–H groups in total. The van der Waals surface area contributed by atoms with Crippen LogP contribution in [0.3, 0.4) is 0 Å². The summed E-state index contributed by atoms with van der Waals surface area (Å²) >= 11 is 0. The molecule has 1 amide bonds. The molecule has 96 valence electrons. The summed E-state index contributed by atoms with van der Waals surface area (Å²) in [5.74, 6) is 0.183. The summed E-state index contributed by atoms with van der Waals surface area (Å²) in [4.78, 5) is 21.3. The number of rotatable bonds is 5. The first-order valence-electron chi connectivity index (χ1n) is 5.39. The van der Waals surface area contributed by atoms with Crippen molar-refractivity contribution in [2.45, 2.75) is 6.04 Å². The van der Waals surface area contributed by atoms with Crippen molar-refractivity contribution in [2.75, 3.05) is 19.8 Å². The van der Waals surface area contributed by atoms with Gasteiger partial charge in [-0.1, -0.05) is 0 Å². The molecule has 2 rings (SSSR count). The molecule has 1 fully saturated rings. The number of benzene rings is 1. The van der Waals surface area contributed by atoms with E-state index in [4.69, 9.17) is 9.47 Å². The molecule has 1 aliphatic heterocycles. The lowest BCUT2D eigenvalue weighted by molar-refractivity contribution is -0.384. The Morgan fingerprint density at radius 1 is 1.44 bits per heavy atom. The van der Waals surface area contributed by atoms with E-state index in [0.29, 0.717) is 19.0 Å². The van der Waals surface area contributed by atoms with Gasteiger partial charge in [-0.3, -0.25) is 14.9 Å². The maximum absolute atomic E-state index is 11.4. The van der Waals surface area contributed by atoms with Gasteiger partial charge in [0.05, 0.1) is 24.2 Å². The summed E-state index contributed by atoms with van der Waals surface area (Å²) in [5, 5.41) is 13.1. The van der Waals surface area contributed by atoms with Crippen LogP contribution in [0, 0.1) is 10.1 Å². The van der Waals surface area contributed by atoms with Gasteiger partial charge in [0.25, 0.3) is 11.6 Å². The Kier molecular flexibility index (Phi) is 3.73. The Bertz CT molecular complexity index is 441. The Balaban J connectivity index is 1.78. The molecule has 0 unspecified atom stereocenters. The number of ether oxygens (including phenoxy) is 2. The third-order valence-corrected chi connectivity index (χ3v) is 2.42. The lowest BCUT2D eigenvalue weighted by atomic mass is 10.2. The first-order valence-corrected chi connectivity index (χ1v) is 5.39. The molecule has 0 atom stereocenters. The van der Waals surface area contributed by atoms with Crippen LogP contribution in [-0.2, 0) is 9.53 Å². The van der Waals surface area contributed by atoms with E-state index >= 15 is 0 Å². The Morgan fingerprint density at radius 3 is 2.61 bits per heavy atom. The fourth-order valence-electron chi connectivity index (χ4n) is 1.40. The molecular weight excluding hydrogens is 240 g/mol. The van der Waals surface area contributed by atoms with E-state index in [1.165, 1.54) is 24.3 Å². The van der Waals surface area contributed by atoms with Crippen LogP contribution in [0.1, 0.15) is 0 Å². The Hall–Kier alpha value is -2.15. The molecule has 1 saturated heterocycles. The van der Waals surface area contributed by atoms with Crippen molar-refractivity contribution in [3.63, 3.8) is 0 Å². The van der Waals surface area contributed by atoms with Gasteiger partial charge in [0.2, 0.25) is 0 Å². The quantitative estimate of drug-likeness (QED) is 0.608. The monoisotopic (exact) mass is 252 g/mol. The van der Waals surface area contributed by atoms with Gasteiger partial charge in [0.15, 0.2) is 6.61 Å². The number of nitrogens with one attached hydrogen (secondary N) is 1. The van der Waals surface area contributed by atoms with E-state index in [-0.39, 0.29) is 24.2 Å². The Morgan fingerprint density at radius 2 is 2.11 bits per heavy atom. The largest absolute Gasteiger partial charge is 0.484 e. The van der Waals surface area contributed by atoms with Gasteiger partial charge in [-0.25, -0.2) is 0 Å². The third-order valence-electron chi connectivity index (χ3n) is 2.42. The highest BCUT2D eigenvalue weighted by Gasteiger charge is 2.20. The highest BCUT2D eigenvalue weighted by molar-refractivity contribution is 5.77. The third kappa shape index (κ3) is 3.17. The fraction of sp³-hybridized carbons (Fsp3) is 0.364. The molecule has 18 heavy (non-hydrogen) atoms. The van der Waals surface area contributed by atoms with Crippen LogP contribution in [-0.4, -0.2) is 36.7 Å². The van der Waals surface area contributed by atoms with Gasteiger partial charge < -0.3 is 14.8 Å². The zero-order valence-electron chi connectivity index (χ0n) is 9.50. The zero-order chi connectivity index (χ0) is 13.0. The number of nitro groups is 1. The minimum Gasteiger partial charge on any atom is -0.484 e. The van der Waals surface area contributed by atoms with Crippen LogP contribution >= 0.6 is 0 Å². The van der Waals surface area contributed by atoms with Gasteiger partial charge in [-0.2, -0.15) is 0 Å². The van der Waals surface area contributed by atoms with Crippen molar-refractivity contribution in [3.8, 4) is 5.75 Å². The predicted octanol–water partition coefficient (Wildman–Crippen LogP) is 0.489. The molecule has 0 aromatic heterocycles. The Labute approximate surface area is 103 Å². The molecule has 7 heteroatoms. The maximum atomic E-state index is 11.4. The number of amides is 1. The first kappa shape index (κ1) is 12.3. The van der Waals surface area contributed by atoms with E-state index in [2.05, 4.69) is 5.32 Å². The molecule has 0 radical (unpaired) electrons. The zero-order valence-corrected chi connectivity index (χ0v) is 9.50. The van der Waals surface area contributed by atoms with Crippen molar-refractivity contribution in [1.29, 1.82) is 0 Å². The molecule has 1 heterocycles. The standard InChI is InChI=1S/C11H12N2O5/c14-11(12-8-5-17-6-8)7-18-10-3-1-9(2-4-10)13(15)16/h1-4,8H,5-7H2,(H,12,14). The highest BCUT2D eigenvalue weighted by atomic mass is 16.6. The minimum absolute atomic E-state index is 0.0154. The van der Waals surface area contributed by atoms with Crippen LogP contribution in [0.5, 0.6) is 5.75 Å². The summed E-state index contributed by atoms with van der Waals surface area (Å²) in [6.45, 7) is 0.945. The summed E-state index contributed by atoms with van der Waals surface area (Å²) in [5.41, 5.74) is -0.0154. The van der Waals surface area contributed by atoms with Gasteiger partial charge in [0, 0.05) is 12.1 Å². The van der Waals surface area contributed by atoms with Crippen molar-refractivity contribution in [2.24, 2.45) is 0 Å². The maximum Gasteiger partial charge on any atom is 0.269 e.